The lowest BCUT2D eigenvalue weighted by Gasteiger charge is -2.29. The van der Waals surface area contributed by atoms with E-state index in [0.29, 0.717) is 5.92 Å². The Bertz CT molecular complexity index is 1440. The average Bonchev–Trinajstić information content (AvgIpc) is 3.35. The molecule has 35 heavy (non-hydrogen) atoms. The monoisotopic (exact) mass is 452 g/mol. The zero-order valence-corrected chi connectivity index (χ0v) is 20.1. The van der Waals surface area contributed by atoms with Gasteiger partial charge in [0.05, 0.1) is 10.8 Å². The first-order valence-electron chi connectivity index (χ1n) is 12.4. The highest BCUT2D eigenvalue weighted by Gasteiger charge is 2.65. The predicted molar refractivity (Wildman–Crippen MR) is 144 cm³/mol. The molecule has 2 bridgehead atoms. The zero-order chi connectivity index (χ0) is 24.0. The maximum atomic E-state index is 14.9. The maximum absolute atomic E-state index is 14.9. The van der Waals surface area contributed by atoms with Gasteiger partial charge in [-0.2, -0.15) is 0 Å². The van der Waals surface area contributed by atoms with E-state index in [2.05, 4.69) is 111 Å². The topological polar surface area (TPSA) is 17.1 Å². The lowest BCUT2D eigenvalue weighted by molar-refractivity contribution is -0.122. The van der Waals surface area contributed by atoms with E-state index in [9.17, 15) is 4.79 Å². The summed E-state index contributed by atoms with van der Waals surface area (Å²) in [7, 11) is 0. The largest absolute Gasteiger partial charge is 0.296 e. The molecule has 0 saturated heterocycles. The van der Waals surface area contributed by atoms with Crippen molar-refractivity contribution in [2.75, 3.05) is 0 Å². The third-order valence-electron chi connectivity index (χ3n) is 7.73. The summed E-state index contributed by atoms with van der Waals surface area (Å²) in [6, 6.07) is 39.8. The van der Waals surface area contributed by atoms with Crippen molar-refractivity contribution in [1.82, 2.24) is 0 Å². The van der Waals surface area contributed by atoms with Crippen molar-refractivity contribution in [2.24, 2.45) is 0 Å². The van der Waals surface area contributed by atoms with Crippen LogP contribution in [-0.2, 0) is 15.6 Å². The second kappa shape index (κ2) is 8.06. The first-order chi connectivity index (χ1) is 17.1. The number of carbonyl (C=O) groups is 1. The van der Waals surface area contributed by atoms with Gasteiger partial charge in [-0.1, -0.05) is 141 Å². The maximum Gasteiger partial charge on any atom is 0.170 e. The minimum atomic E-state index is -0.835. The van der Waals surface area contributed by atoms with E-state index < -0.39 is 10.8 Å². The van der Waals surface area contributed by atoms with Gasteiger partial charge in [0.1, 0.15) is 0 Å². The fraction of sp³-hybridized carbons (Fsp3) is 0.147. The molecule has 0 saturated carbocycles. The van der Waals surface area contributed by atoms with Gasteiger partial charge in [0.25, 0.3) is 0 Å². The van der Waals surface area contributed by atoms with Gasteiger partial charge < -0.3 is 0 Å². The molecule has 0 N–H and O–H groups in total. The predicted octanol–water partition coefficient (Wildman–Crippen LogP) is 7.75. The normalized spacial score (nSPS) is 22.9. The summed E-state index contributed by atoms with van der Waals surface area (Å²) in [5.74, 6) is 0.651. The first-order valence-corrected chi connectivity index (χ1v) is 12.4. The third kappa shape index (κ3) is 2.98. The zero-order valence-electron chi connectivity index (χ0n) is 20.1. The number of ketones is 1. The third-order valence-corrected chi connectivity index (χ3v) is 7.73. The van der Waals surface area contributed by atoms with E-state index >= 15 is 0 Å². The Kier molecular flexibility index (Phi) is 4.96. The fourth-order valence-electron chi connectivity index (χ4n) is 6.03. The van der Waals surface area contributed by atoms with Crippen LogP contribution >= 0.6 is 0 Å². The van der Waals surface area contributed by atoms with Gasteiger partial charge in [0.2, 0.25) is 0 Å². The number of benzene rings is 4. The molecule has 2 aliphatic rings. The van der Waals surface area contributed by atoms with E-state index in [1.165, 1.54) is 5.56 Å². The summed E-state index contributed by atoms with van der Waals surface area (Å²) in [5, 5.41) is 0. The second-order valence-corrected chi connectivity index (χ2v) is 9.90. The summed E-state index contributed by atoms with van der Waals surface area (Å²) >= 11 is 0. The number of allylic oxidation sites excluding steroid dienone is 4. The quantitative estimate of drug-likeness (QED) is 0.283. The number of hydrogen-bond donors (Lipinski definition) is 0. The molecule has 0 fully saturated rings. The molecular formula is C34H28O. The van der Waals surface area contributed by atoms with Crippen LogP contribution in [0.3, 0.4) is 0 Å². The smallest absolute Gasteiger partial charge is 0.170 e. The van der Waals surface area contributed by atoms with Crippen molar-refractivity contribution in [3.8, 4) is 0 Å². The van der Waals surface area contributed by atoms with Gasteiger partial charge >= 0.3 is 0 Å². The molecule has 4 aromatic carbocycles. The van der Waals surface area contributed by atoms with Crippen molar-refractivity contribution in [2.45, 2.75) is 30.6 Å². The van der Waals surface area contributed by atoms with Gasteiger partial charge in [-0.25, -0.2) is 0 Å². The van der Waals surface area contributed by atoms with Crippen molar-refractivity contribution in [3.63, 3.8) is 0 Å². The van der Waals surface area contributed by atoms with Crippen LogP contribution < -0.4 is 0 Å². The first kappa shape index (κ1) is 21.6. The van der Waals surface area contributed by atoms with Crippen LogP contribution in [0.1, 0.15) is 47.6 Å². The van der Waals surface area contributed by atoms with Crippen LogP contribution in [0.15, 0.2) is 127 Å². The molecule has 1 heteroatoms. The fourth-order valence-corrected chi connectivity index (χ4v) is 6.03. The number of fused-ring (bicyclic) bond motifs is 2. The molecule has 2 atom stereocenters. The summed E-state index contributed by atoms with van der Waals surface area (Å²) in [4.78, 5) is 14.9. The Labute approximate surface area is 207 Å². The average molecular weight is 453 g/mol. The Balaban J connectivity index is 1.72. The van der Waals surface area contributed by atoms with Crippen LogP contribution in [0.2, 0.25) is 0 Å². The molecule has 0 aromatic heterocycles. The molecule has 0 spiro atoms. The molecule has 2 unspecified atom stereocenters. The van der Waals surface area contributed by atoms with Gasteiger partial charge in [-0.3, -0.25) is 4.79 Å². The van der Waals surface area contributed by atoms with E-state index in [1.54, 1.807) is 0 Å². The van der Waals surface area contributed by atoms with E-state index in [4.69, 9.17) is 0 Å². The Morgan fingerprint density at radius 2 is 0.914 bits per heavy atom. The lowest BCUT2D eigenvalue weighted by Crippen LogP contribution is -2.36. The van der Waals surface area contributed by atoms with Crippen molar-refractivity contribution in [1.29, 1.82) is 0 Å². The lowest BCUT2D eigenvalue weighted by atomic mass is 9.71. The van der Waals surface area contributed by atoms with Gasteiger partial charge in [-0.15, -0.1) is 0 Å². The highest BCUT2D eigenvalue weighted by atomic mass is 16.1. The van der Waals surface area contributed by atoms with Crippen molar-refractivity contribution >= 4 is 16.9 Å². The number of carbonyl (C=O) groups excluding carboxylic acids is 1. The molecule has 4 aromatic rings. The summed E-state index contributed by atoms with van der Waals surface area (Å²) < 4.78 is 0. The molecule has 6 rings (SSSR count). The summed E-state index contributed by atoms with van der Waals surface area (Å²) in [6.45, 7) is 4.40. The minimum Gasteiger partial charge on any atom is -0.296 e. The standard InChI is InChI=1S/C34H28O/c1-24(2)25-18-20-29(21-19-25)34-23-22-33(32(34)35,28-16-10-5-11-17-28)30(26-12-6-3-7-13-26)31(34)27-14-8-4-9-15-27/h3-24H,1-2H3. The van der Waals surface area contributed by atoms with Crippen LogP contribution in [0.5, 0.6) is 0 Å². The highest BCUT2D eigenvalue weighted by Crippen LogP contribution is 2.64. The van der Waals surface area contributed by atoms with Gasteiger partial charge in [0.15, 0.2) is 5.78 Å². The van der Waals surface area contributed by atoms with Crippen molar-refractivity contribution < 1.29 is 4.79 Å². The van der Waals surface area contributed by atoms with Crippen LogP contribution in [0.4, 0.5) is 0 Å². The molecule has 1 nitrogen and oxygen atoms in total. The van der Waals surface area contributed by atoms with Crippen molar-refractivity contribution in [3.05, 3.63) is 155 Å². The molecule has 0 radical (unpaired) electrons. The van der Waals surface area contributed by atoms with Crippen LogP contribution in [0, 0.1) is 0 Å². The number of hydrogen-bond acceptors (Lipinski definition) is 1. The van der Waals surface area contributed by atoms with Crippen LogP contribution in [-0.4, -0.2) is 5.78 Å². The SMILES string of the molecule is CC(C)c1ccc(C23C=CC(c4ccccc4)(C2=O)C(c2ccccc2)=C3c2ccccc2)cc1. The molecule has 0 aliphatic heterocycles. The molecular weight excluding hydrogens is 424 g/mol. The number of Topliss-reactive ketones (excluding diaryl/α,β-unsaturated/α-hetero) is 1. The van der Waals surface area contributed by atoms with Gasteiger partial charge in [0, 0.05) is 0 Å². The summed E-state index contributed by atoms with van der Waals surface area (Å²) in [6.07, 6.45) is 4.33. The van der Waals surface area contributed by atoms with E-state index in [1.807, 2.05) is 30.3 Å². The minimum absolute atomic E-state index is 0.214. The molecule has 0 amide bonds. The molecule has 2 aliphatic carbocycles. The summed E-state index contributed by atoms with van der Waals surface area (Å²) in [5.41, 5.74) is 6.04. The second-order valence-electron chi connectivity index (χ2n) is 9.90. The van der Waals surface area contributed by atoms with Crippen LogP contribution in [0.25, 0.3) is 11.1 Å². The Morgan fingerprint density at radius 3 is 1.34 bits per heavy atom. The van der Waals surface area contributed by atoms with Gasteiger partial charge in [-0.05, 0) is 44.9 Å². The molecule has 0 heterocycles. The van der Waals surface area contributed by atoms with E-state index in [0.717, 1.165) is 33.4 Å². The van der Waals surface area contributed by atoms with E-state index in [-0.39, 0.29) is 5.78 Å². The number of rotatable bonds is 5. The molecule has 170 valence electrons. The Hall–Kier alpha value is -3.97. The Morgan fingerprint density at radius 1 is 0.514 bits per heavy atom. The highest BCUT2D eigenvalue weighted by molar-refractivity contribution is 6.31.